The molecule has 0 saturated carbocycles. The molecule has 0 bridgehead atoms. The molecule has 0 spiro atoms. The van der Waals surface area contributed by atoms with E-state index in [2.05, 4.69) is 155 Å². The standard InChI is InChI=1S/C36H28NO.C17H21FNSi.Ir/c1-36(2,3)22-23-15-16-37-32(17-23)27-19-30(24-9-5-4-6-10-24)35-31-18-26-14-13-25-11-7-8-12-28(25)29(26)21-33(31)38-34(35)20-27;1-12(2)15-10-16(13-6-8-14(18)9-7-13)19-11-17(15)20(3,4)5;/h4-19,21H,22H2,1-3H3;6,8-12H,1-5H3;/q2*-1;/i;12D;. The van der Waals surface area contributed by atoms with Crippen LogP contribution in [0, 0.1) is 23.4 Å². The number of halogens is 1. The molecule has 0 N–H and O–H groups in total. The first-order valence-corrected chi connectivity index (χ1v) is 23.5. The third-order valence-electron chi connectivity index (χ3n) is 10.6. The normalized spacial score (nSPS) is 12.3. The van der Waals surface area contributed by atoms with Crippen LogP contribution in [0.5, 0.6) is 0 Å². The Labute approximate surface area is 363 Å². The average Bonchev–Trinajstić information content (AvgIpc) is 3.56. The van der Waals surface area contributed by atoms with Gasteiger partial charge in [-0.05, 0) is 84.3 Å². The number of benzene rings is 6. The third-order valence-corrected chi connectivity index (χ3v) is 12.6. The molecule has 0 aliphatic heterocycles. The van der Waals surface area contributed by atoms with E-state index in [-0.39, 0.29) is 31.3 Å². The second kappa shape index (κ2) is 16.8. The molecule has 299 valence electrons. The summed E-state index contributed by atoms with van der Waals surface area (Å²) >= 11 is 0. The quantitative estimate of drug-likeness (QED) is 0.0947. The molecule has 3 nitrogen and oxygen atoms in total. The fraction of sp³-hybridized carbons (Fsp3) is 0.208. The van der Waals surface area contributed by atoms with E-state index in [0.717, 1.165) is 67.6 Å². The molecule has 59 heavy (non-hydrogen) atoms. The van der Waals surface area contributed by atoms with Crippen LogP contribution in [0.25, 0.3) is 77.1 Å². The fourth-order valence-electron chi connectivity index (χ4n) is 7.83. The number of rotatable bonds is 6. The zero-order chi connectivity index (χ0) is 41.7. The van der Waals surface area contributed by atoms with Crippen molar-refractivity contribution < 1.29 is 30.3 Å². The second-order valence-electron chi connectivity index (χ2n) is 17.7. The number of furan rings is 1. The molecular formula is C53H49FIrN2OSi-2. The molecule has 0 amide bonds. The Balaban J connectivity index is 0.000000212. The molecule has 6 aromatic carbocycles. The Kier molecular flexibility index (Phi) is 11.5. The summed E-state index contributed by atoms with van der Waals surface area (Å²) in [7, 11) is -1.57. The number of nitrogens with zero attached hydrogens (tertiary/aromatic N) is 2. The number of pyridine rings is 2. The first-order chi connectivity index (χ1) is 28.0. The van der Waals surface area contributed by atoms with E-state index < -0.39 is 14.0 Å². The number of hydrogen-bond donors (Lipinski definition) is 0. The zero-order valence-corrected chi connectivity index (χ0v) is 38.3. The Bertz CT molecular complexity index is 2980. The molecule has 0 atom stereocenters. The van der Waals surface area contributed by atoms with Gasteiger partial charge in [-0.2, -0.15) is 0 Å². The molecule has 0 fully saturated rings. The summed E-state index contributed by atoms with van der Waals surface area (Å²) in [4.78, 5) is 9.26. The van der Waals surface area contributed by atoms with Crippen molar-refractivity contribution in [2.75, 3.05) is 0 Å². The molecule has 0 aliphatic carbocycles. The predicted octanol–water partition coefficient (Wildman–Crippen LogP) is 14.4. The van der Waals surface area contributed by atoms with Gasteiger partial charge >= 0.3 is 0 Å². The summed E-state index contributed by atoms with van der Waals surface area (Å²) in [5.41, 5.74) is 9.77. The van der Waals surface area contributed by atoms with Crippen LogP contribution in [-0.2, 0) is 26.5 Å². The average molecular weight is 970 g/mol. The topological polar surface area (TPSA) is 38.9 Å². The first-order valence-electron chi connectivity index (χ1n) is 20.5. The molecule has 6 heteroatoms. The van der Waals surface area contributed by atoms with Gasteiger partial charge in [0, 0.05) is 39.7 Å². The SMILES string of the molecule is CC(C)(C)Cc1ccnc(-c2[c-]c3oc4cc5c(ccc6ccccc65)cc4c3c(-c3ccccc3)c2)c1.[2H]C(C)(C)c1cc(-c2[c-]cc(F)cc2)ncc1[Si](C)(C)C.[Ir]. The van der Waals surface area contributed by atoms with Crippen LogP contribution in [0.3, 0.4) is 0 Å². The van der Waals surface area contributed by atoms with Crippen LogP contribution in [-0.4, -0.2) is 18.0 Å². The number of hydrogen-bond acceptors (Lipinski definition) is 3. The molecule has 3 heterocycles. The predicted molar refractivity (Wildman–Crippen MR) is 245 cm³/mol. The number of fused-ring (bicyclic) bond motifs is 6. The molecule has 3 aromatic heterocycles. The third kappa shape index (κ3) is 9.01. The summed E-state index contributed by atoms with van der Waals surface area (Å²) in [6.07, 6.45) is 4.79. The van der Waals surface area contributed by atoms with Crippen molar-refractivity contribution in [3.8, 4) is 33.6 Å². The van der Waals surface area contributed by atoms with Crippen molar-refractivity contribution in [1.82, 2.24) is 9.97 Å². The van der Waals surface area contributed by atoms with Crippen molar-refractivity contribution in [3.05, 3.63) is 163 Å². The Morgan fingerprint density at radius 2 is 1.49 bits per heavy atom. The van der Waals surface area contributed by atoms with Gasteiger partial charge in [0.15, 0.2) is 0 Å². The van der Waals surface area contributed by atoms with E-state index >= 15 is 0 Å². The molecule has 1 radical (unpaired) electrons. The summed E-state index contributed by atoms with van der Waals surface area (Å²) < 4.78 is 28.0. The van der Waals surface area contributed by atoms with Gasteiger partial charge in [-0.15, -0.1) is 41.5 Å². The van der Waals surface area contributed by atoms with Crippen LogP contribution < -0.4 is 5.19 Å². The molecule has 9 rings (SSSR count). The van der Waals surface area contributed by atoms with Crippen molar-refractivity contribution in [2.45, 2.75) is 66.6 Å². The summed E-state index contributed by atoms with van der Waals surface area (Å²) in [5, 5.41) is 8.28. The van der Waals surface area contributed by atoms with Crippen molar-refractivity contribution in [3.63, 3.8) is 0 Å². The molecule has 9 aromatic rings. The summed E-state index contributed by atoms with van der Waals surface area (Å²) in [6.45, 7) is 17.3. The maximum absolute atomic E-state index is 13.0. The van der Waals surface area contributed by atoms with Gasteiger partial charge in [-0.1, -0.05) is 162 Å². The van der Waals surface area contributed by atoms with Gasteiger partial charge in [0.1, 0.15) is 5.58 Å². The van der Waals surface area contributed by atoms with Crippen LogP contribution in [0.15, 0.2) is 138 Å². The van der Waals surface area contributed by atoms with Crippen LogP contribution >= 0.6 is 0 Å². The van der Waals surface area contributed by atoms with Crippen LogP contribution in [0.2, 0.25) is 19.6 Å². The van der Waals surface area contributed by atoms with E-state index in [9.17, 15) is 4.39 Å². The monoisotopic (exact) mass is 970 g/mol. The Hall–Kier alpha value is -5.26. The van der Waals surface area contributed by atoms with Gasteiger partial charge in [-0.3, -0.25) is 4.39 Å². The van der Waals surface area contributed by atoms with Crippen LogP contribution in [0.4, 0.5) is 4.39 Å². The van der Waals surface area contributed by atoms with Crippen molar-refractivity contribution in [1.29, 1.82) is 0 Å². The minimum absolute atomic E-state index is 0. The maximum atomic E-state index is 13.0. The van der Waals surface area contributed by atoms with E-state index in [0.29, 0.717) is 0 Å². The minimum Gasteiger partial charge on any atom is -0.476 e. The number of aromatic nitrogens is 2. The molecule has 0 aliphatic rings. The summed E-state index contributed by atoms with van der Waals surface area (Å²) in [5.74, 6) is -0.994. The van der Waals surface area contributed by atoms with Gasteiger partial charge in [0.05, 0.1) is 13.7 Å². The smallest absolute Gasteiger partial charge is 0.124 e. The van der Waals surface area contributed by atoms with E-state index in [1.165, 1.54) is 44.4 Å². The van der Waals surface area contributed by atoms with Gasteiger partial charge < -0.3 is 14.4 Å². The van der Waals surface area contributed by atoms with Crippen molar-refractivity contribution >= 4 is 56.7 Å². The van der Waals surface area contributed by atoms with E-state index in [4.69, 9.17) is 10.8 Å². The molecular weight excluding hydrogens is 920 g/mol. The van der Waals surface area contributed by atoms with Crippen molar-refractivity contribution in [2.24, 2.45) is 5.41 Å². The Morgan fingerprint density at radius 3 is 2.20 bits per heavy atom. The fourth-order valence-corrected chi connectivity index (χ4v) is 9.42. The minimum atomic E-state index is -1.57. The molecule has 0 unspecified atom stereocenters. The second-order valence-corrected chi connectivity index (χ2v) is 22.7. The van der Waals surface area contributed by atoms with E-state index in [1.54, 1.807) is 6.07 Å². The maximum Gasteiger partial charge on any atom is 0.124 e. The van der Waals surface area contributed by atoms with Crippen LogP contribution in [0.1, 0.15) is 53.0 Å². The van der Waals surface area contributed by atoms with E-state index in [1.807, 2.05) is 32.3 Å². The molecule has 0 saturated heterocycles. The first kappa shape index (κ1) is 40.5. The van der Waals surface area contributed by atoms with Gasteiger partial charge in [-0.25, -0.2) is 0 Å². The zero-order valence-electron chi connectivity index (χ0n) is 35.9. The summed E-state index contributed by atoms with van der Waals surface area (Å²) in [6, 6.07) is 47.3. The largest absolute Gasteiger partial charge is 0.476 e. The van der Waals surface area contributed by atoms with Gasteiger partial charge in [0.2, 0.25) is 0 Å². The Morgan fingerprint density at radius 1 is 0.763 bits per heavy atom. The van der Waals surface area contributed by atoms with Gasteiger partial charge in [0.25, 0.3) is 0 Å².